The van der Waals surface area contributed by atoms with E-state index in [1.807, 2.05) is 20.9 Å². The molecule has 1 aromatic carbocycles. The number of benzene rings is 1. The average Bonchev–Trinajstić information content (AvgIpc) is 2.22. The number of thiocarbonyl (C=S) groups is 1. The number of fused-ring (bicyclic) bond motifs is 1. The van der Waals surface area contributed by atoms with Gasteiger partial charge in [0.05, 0.1) is 11.2 Å². The van der Waals surface area contributed by atoms with Crippen molar-refractivity contribution in [3.63, 3.8) is 0 Å². The predicted molar refractivity (Wildman–Crippen MR) is 70.0 cm³/mol. The van der Waals surface area contributed by atoms with E-state index in [1.165, 1.54) is 6.07 Å². The lowest BCUT2D eigenvalue weighted by molar-refractivity contribution is 0.618. The molecule has 2 rings (SSSR count). The molecule has 16 heavy (non-hydrogen) atoms. The second-order valence-corrected chi connectivity index (χ2v) is 5.04. The molecule has 1 aliphatic heterocycles. The van der Waals surface area contributed by atoms with Gasteiger partial charge in [-0.3, -0.25) is 0 Å². The highest BCUT2D eigenvalue weighted by Crippen LogP contribution is 2.35. The van der Waals surface area contributed by atoms with Gasteiger partial charge < -0.3 is 10.6 Å². The van der Waals surface area contributed by atoms with Crippen molar-refractivity contribution in [3.05, 3.63) is 23.5 Å². The molecule has 0 aliphatic carbocycles. The van der Waals surface area contributed by atoms with Gasteiger partial charge in [-0.25, -0.2) is 4.39 Å². The predicted octanol–water partition coefficient (Wildman–Crippen LogP) is 2.98. The fraction of sp³-hybridized carbons (Fsp3) is 0.417. The van der Waals surface area contributed by atoms with E-state index in [4.69, 9.17) is 12.2 Å². The van der Waals surface area contributed by atoms with E-state index in [0.717, 1.165) is 16.1 Å². The van der Waals surface area contributed by atoms with Crippen LogP contribution in [-0.2, 0) is 6.42 Å². The van der Waals surface area contributed by atoms with E-state index in [1.54, 1.807) is 6.07 Å². The molecule has 0 bridgehead atoms. The molecule has 0 saturated carbocycles. The maximum absolute atomic E-state index is 13.7. The van der Waals surface area contributed by atoms with E-state index in [2.05, 4.69) is 10.6 Å². The van der Waals surface area contributed by atoms with Crippen molar-refractivity contribution in [2.45, 2.75) is 25.8 Å². The van der Waals surface area contributed by atoms with Gasteiger partial charge >= 0.3 is 0 Å². The van der Waals surface area contributed by atoms with Crippen molar-refractivity contribution in [3.8, 4) is 0 Å². The van der Waals surface area contributed by atoms with E-state index in [9.17, 15) is 4.39 Å². The number of halogens is 1. The molecular weight excluding hydrogens is 223 g/mol. The summed E-state index contributed by atoms with van der Waals surface area (Å²) in [4.78, 5) is 0.905. The lowest BCUT2D eigenvalue weighted by atomic mass is 9.88. The van der Waals surface area contributed by atoms with Crippen LogP contribution in [-0.4, -0.2) is 17.5 Å². The van der Waals surface area contributed by atoms with Gasteiger partial charge in [-0.1, -0.05) is 12.2 Å². The van der Waals surface area contributed by atoms with Gasteiger partial charge in [0.2, 0.25) is 0 Å². The van der Waals surface area contributed by atoms with E-state index in [-0.39, 0.29) is 11.4 Å². The summed E-state index contributed by atoms with van der Waals surface area (Å²) in [6.07, 6.45) is 0.638. The third-order valence-electron chi connectivity index (χ3n) is 3.00. The van der Waals surface area contributed by atoms with Crippen LogP contribution < -0.4 is 10.6 Å². The number of hydrogen-bond acceptors (Lipinski definition) is 3. The minimum absolute atomic E-state index is 0.218. The fourth-order valence-electron chi connectivity index (χ4n) is 1.94. The van der Waals surface area contributed by atoms with Gasteiger partial charge in [0.25, 0.3) is 0 Å². The molecule has 1 heterocycles. The van der Waals surface area contributed by atoms with Gasteiger partial charge in [0, 0.05) is 29.6 Å². The van der Waals surface area contributed by atoms with E-state index < -0.39 is 0 Å². The van der Waals surface area contributed by atoms with Gasteiger partial charge in [-0.2, -0.15) is 0 Å². The monoisotopic (exact) mass is 238 g/mol. The zero-order valence-corrected chi connectivity index (χ0v) is 10.5. The summed E-state index contributed by atoms with van der Waals surface area (Å²) in [6.45, 7) is 3.95. The first-order valence-electron chi connectivity index (χ1n) is 5.26. The first-order chi connectivity index (χ1) is 7.45. The molecule has 1 aliphatic rings. The molecule has 0 aromatic heterocycles. The molecule has 4 heteroatoms. The minimum Gasteiger partial charge on any atom is -0.388 e. The SMILES string of the molecule is CNc1ccc(F)c2c1CC(=S)C(C)(C)N2. The van der Waals surface area contributed by atoms with Crippen LogP contribution in [0.15, 0.2) is 12.1 Å². The maximum Gasteiger partial charge on any atom is 0.146 e. The second-order valence-electron chi connectivity index (χ2n) is 4.55. The topological polar surface area (TPSA) is 24.1 Å². The van der Waals surface area contributed by atoms with Gasteiger partial charge in [0.15, 0.2) is 0 Å². The minimum atomic E-state index is -0.324. The van der Waals surface area contributed by atoms with E-state index in [0.29, 0.717) is 12.1 Å². The van der Waals surface area contributed by atoms with E-state index >= 15 is 0 Å². The van der Waals surface area contributed by atoms with Crippen molar-refractivity contribution in [1.82, 2.24) is 0 Å². The second kappa shape index (κ2) is 3.70. The summed E-state index contributed by atoms with van der Waals surface area (Å²) >= 11 is 5.36. The molecule has 0 saturated heterocycles. The number of anilines is 2. The Hall–Kier alpha value is -1.16. The third-order valence-corrected chi connectivity index (χ3v) is 3.66. The fourth-order valence-corrected chi connectivity index (χ4v) is 2.13. The van der Waals surface area contributed by atoms with Crippen LogP contribution in [0.2, 0.25) is 0 Å². The van der Waals surface area contributed by atoms with Crippen molar-refractivity contribution < 1.29 is 4.39 Å². The van der Waals surface area contributed by atoms with Gasteiger partial charge in [0.1, 0.15) is 5.82 Å². The summed E-state index contributed by atoms with van der Waals surface area (Å²) in [5, 5.41) is 6.24. The van der Waals surface area contributed by atoms with Crippen LogP contribution in [0, 0.1) is 5.82 Å². The number of rotatable bonds is 1. The zero-order valence-electron chi connectivity index (χ0n) is 9.65. The summed E-state index contributed by atoms with van der Waals surface area (Å²) < 4.78 is 13.7. The summed E-state index contributed by atoms with van der Waals surface area (Å²) in [5.74, 6) is -0.218. The normalized spacial score (nSPS) is 17.6. The summed E-state index contributed by atoms with van der Waals surface area (Å²) in [6, 6.07) is 3.22. The quantitative estimate of drug-likeness (QED) is 0.735. The molecule has 0 amide bonds. The van der Waals surface area contributed by atoms with Crippen molar-refractivity contribution in [2.24, 2.45) is 0 Å². The first kappa shape index (κ1) is 11.3. The summed E-state index contributed by atoms with van der Waals surface area (Å²) in [5.41, 5.74) is 2.11. The number of nitrogens with one attached hydrogen (secondary N) is 2. The molecule has 0 atom stereocenters. The van der Waals surface area contributed by atoms with Crippen LogP contribution in [0.25, 0.3) is 0 Å². The smallest absolute Gasteiger partial charge is 0.146 e. The molecule has 0 unspecified atom stereocenters. The van der Waals surface area contributed by atoms with Crippen molar-refractivity contribution >= 4 is 28.5 Å². The Morgan fingerprint density at radius 2 is 2.12 bits per heavy atom. The molecular formula is C12H15FN2S. The Balaban J connectivity index is 2.57. The molecule has 0 radical (unpaired) electrons. The zero-order chi connectivity index (χ0) is 11.9. The Labute approximate surface area is 100 Å². The van der Waals surface area contributed by atoms with Crippen LogP contribution in [0.3, 0.4) is 0 Å². The molecule has 86 valence electrons. The van der Waals surface area contributed by atoms with Gasteiger partial charge in [-0.15, -0.1) is 0 Å². The maximum atomic E-state index is 13.7. The Morgan fingerprint density at radius 1 is 1.44 bits per heavy atom. The highest BCUT2D eigenvalue weighted by atomic mass is 32.1. The van der Waals surface area contributed by atoms with Crippen molar-refractivity contribution in [1.29, 1.82) is 0 Å². The Bertz CT molecular complexity index is 455. The standard InChI is InChI=1S/C12H15FN2S/c1-12(2)10(16)6-7-9(14-3)5-4-8(13)11(7)15-12/h4-5,14-15H,6H2,1-3H3. The highest BCUT2D eigenvalue weighted by Gasteiger charge is 2.32. The lowest BCUT2D eigenvalue weighted by Gasteiger charge is -2.35. The number of hydrogen-bond donors (Lipinski definition) is 2. The largest absolute Gasteiger partial charge is 0.388 e. The lowest BCUT2D eigenvalue weighted by Crippen LogP contribution is -2.44. The van der Waals surface area contributed by atoms with Crippen molar-refractivity contribution in [2.75, 3.05) is 17.7 Å². The molecule has 0 spiro atoms. The average molecular weight is 238 g/mol. The van der Waals surface area contributed by atoms with Crippen LogP contribution in [0.4, 0.5) is 15.8 Å². The molecule has 0 fully saturated rings. The first-order valence-corrected chi connectivity index (χ1v) is 5.67. The Kier molecular flexibility index (Phi) is 2.62. The van der Waals surface area contributed by atoms with Crippen LogP contribution >= 0.6 is 12.2 Å². The molecule has 1 aromatic rings. The van der Waals surface area contributed by atoms with Crippen LogP contribution in [0.1, 0.15) is 19.4 Å². The Morgan fingerprint density at radius 3 is 2.75 bits per heavy atom. The highest BCUT2D eigenvalue weighted by molar-refractivity contribution is 7.80. The van der Waals surface area contributed by atoms with Crippen LogP contribution in [0.5, 0.6) is 0 Å². The third kappa shape index (κ3) is 1.67. The summed E-state index contributed by atoms with van der Waals surface area (Å²) in [7, 11) is 1.83. The molecule has 2 nitrogen and oxygen atoms in total. The van der Waals surface area contributed by atoms with Gasteiger partial charge in [-0.05, 0) is 26.0 Å². The molecule has 2 N–H and O–H groups in total.